The number of aryl methyl sites for hydroxylation is 1. The van der Waals surface area contributed by atoms with Crippen LogP contribution in [-0.4, -0.2) is 11.7 Å². The topological polar surface area (TPSA) is 46.2 Å². The molecule has 94 valence electrons. The first kappa shape index (κ1) is 12.9. The molecule has 2 rings (SSSR count). The van der Waals surface area contributed by atoms with Crippen LogP contribution >= 0.6 is 15.9 Å². The zero-order valence-electron chi connectivity index (χ0n) is 10.3. The van der Waals surface area contributed by atoms with E-state index < -0.39 is 0 Å². The molecule has 1 aromatic rings. The minimum atomic E-state index is 0.337. The molecule has 3 heteroatoms. The molecule has 0 amide bonds. The summed E-state index contributed by atoms with van der Waals surface area (Å²) in [6.07, 6.45) is 5.65. The van der Waals surface area contributed by atoms with Crippen molar-refractivity contribution in [1.29, 1.82) is 0 Å². The van der Waals surface area contributed by atoms with Gasteiger partial charge in [-0.15, -0.1) is 0 Å². The Balaban J connectivity index is 2.50. The Labute approximate surface area is 111 Å². The average molecular weight is 298 g/mol. The molecule has 0 fully saturated rings. The van der Waals surface area contributed by atoms with Crippen LogP contribution in [0, 0.1) is 0 Å². The number of fused-ring (bicyclic) bond motifs is 1. The van der Waals surface area contributed by atoms with E-state index in [-0.39, 0.29) is 0 Å². The smallest absolute Gasteiger partial charge is 0.133 e. The fourth-order valence-electron chi connectivity index (χ4n) is 2.81. The highest BCUT2D eigenvalue weighted by molar-refractivity contribution is 9.10. The minimum absolute atomic E-state index is 0.337. The molecule has 17 heavy (non-hydrogen) atoms. The first-order valence-electron chi connectivity index (χ1n) is 6.38. The molecule has 0 bridgehead atoms. The van der Waals surface area contributed by atoms with Crippen molar-refractivity contribution in [2.45, 2.75) is 44.9 Å². The first-order chi connectivity index (χ1) is 8.15. The predicted molar refractivity (Wildman–Crippen MR) is 74.5 cm³/mol. The first-order valence-corrected chi connectivity index (χ1v) is 7.17. The summed E-state index contributed by atoms with van der Waals surface area (Å²) in [7, 11) is 0. The number of benzene rings is 1. The van der Waals surface area contributed by atoms with Crippen molar-refractivity contribution in [3.05, 3.63) is 27.2 Å². The molecule has 1 unspecified atom stereocenters. The molecule has 0 spiro atoms. The molecule has 0 aliphatic heterocycles. The molecular weight excluding hydrogens is 278 g/mol. The molecular formula is C14H20BrNO. The van der Waals surface area contributed by atoms with E-state index in [2.05, 4.69) is 28.9 Å². The highest BCUT2D eigenvalue weighted by Crippen LogP contribution is 2.41. The lowest BCUT2D eigenvalue weighted by atomic mass is 9.82. The minimum Gasteiger partial charge on any atom is -0.506 e. The number of aromatic hydroxyl groups is 1. The summed E-state index contributed by atoms with van der Waals surface area (Å²) in [6, 6.07) is 2.09. The number of hydrogen-bond donors (Lipinski definition) is 2. The lowest BCUT2D eigenvalue weighted by Crippen LogP contribution is -2.12. The summed E-state index contributed by atoms with van der Waals surface area (Å²) in [4.78, 5) is 0. The number of phenolic OH excluding ortho intramolecular Hbond substituents is 1. The fourth-order valence-corrected chi connectivity index (χ4v) is 3.30. The molecule has 0 saturated heterocycles. The lowest BCUT2D eigenvalue weighted by Gasteiger charge is -2.24. The van der Waals surface area contributed by atoms with Crippen LogP contribution in [0.15, 0.2) is 10.5 Å². The van der Waals surface area contributed by atoms with E-state index in [1.807, 2.05) is 0 Å². The van der Waals surface area contributed by atoms with Crippen LogP contribution in [0.3, 0.4) is 0 Å². The molecule has 0 radical (unpaired) electrons. The van der Waals surface area contributed by atoms with Crippen molar-refractivity contribution < 1.29 is 5.11 Å². The highest BCUT2D eigenvalue weighted by Gasteiger charge is 2.22. The quantitative estimate of drug-likeness (QED) is 0.897. The Morgan fingerprint density at radius 3 is 2.82 bits per heavy atom. The van der Waals surface area contributed by atoms with E-state index >= 15 is 0 Å². The number of nitrogens with two attached hydrogens (primary N) is 1. The molecule has 3 N–H and O–H groups in total. The monoisotopic (exact) mass is 297 g/mol. The fraction of sp³-hybridized carbons (Fsp3) is 0.571. The van der Waals surface area contributed by atoms with Crippen LogP contribution in [0.25, 0.3) is 0 Å². The van der Waals surface area contributed by atoms with Crippen molar-refractivity contribution in [2.75, 3.05) is 6.54 Å². The van der Waals surface area contributed by atoms with Gasteiger partial charge in [0.15, 0.2) is 0 Å². The van der Waals surface area contributed by atoms with Crippen LogP contribution in [0.5, 0.6) is 5.75 Å². The Bertz CT molecular complexity index is 417. The summed E-state index contributed by atoms with van der Waals surface area (Å²) in [5, 5.41) is 10.3. The van der Waals surface area contributed by atoms with Gasteiger partial charge < -0.3 is 10.8 Å². The van der Waals surface area contributed by atoms with Crippen molar-refractivity contribution in [3.63, 3.8) is 0 Å². The summed E-state index contributed by atoms with van der Waals surface area (Å²) < 4.78 is 0.831. The molecule has 0 heterocycles. The molecule has 1 aromatic carbocycles. The largest absolute Gasteiger partial charge is 0.506 e. The van der Waals surface area contributed by atoms with E-state index in [1.165, 1.54) is 24.0 Å². The average Bonchev–Trinajstić information content (AvgIpc) is 2.31. The maximum Gasteiger partial charge on any atom is 0.133 e. The Kier molecular flexibility index (Phi) is 4.10. The van der Waals surface area contributed by atoms with Crippen LogP contribution in [0.2, 0.25) is 0 Å². The molecule has 1 atom stereocenters. The molecule has 1 aliphatic carbocycles. The molecule has 2 nitrogen and oxygen atoms in total. The van der Waals surface area contributed by atoms with Crippen molar-refractivity contribution in [3.8, 4) is 5.75 Å². The van der Waals surface area contributed by atoms with Gasteiger partial charge in [0, 0.05) is 5.56 Å². The van der Waals surface area contributed by atoms with Crippen LogP contribution < -0.4 is 5.73 Å². The second kappa shape index (κ2) is 5.40. The van der Waals surface area contributed by atoms with Gasteiger partial charge in [-0.2, -0.15) is 0 Å². The third-order valence-corrected chi connectivity index (χ3v) is 4.31. The SMILES string of the molecule is CC(CCN)c1c(O)c(Br)cc2c1CCCC2. The van der Waals surface area contributed by atoms with Crippen LogP contribution in [0.1, 0.15) is 48.8 Å². The Hall–Kier alpha value is -0.540. The highest BCUT2D eigenvalue weighted by atomic mass is 79.9. The molecule has 0 saturated carbocycles. The third-order valence-electron chi connectivity index (χ3n) is 3.71. The van der Waals surface area contributed by atoms with Crippen molar-refractivity contribution in [2.24, 2.45) is 5.73 Å². The summed E-state index contributed by atoms with van der Waals surface area (Å²) in [5.41, 5.74) is 9.54. The van der Waals surface area contributed by atoms with E-state index in [4.69, 9.17) is 5.73 Å². The van der Waals surface area contributed by atoms with Gasteiger partial charge in [-0.25, -0.2) is 0 Å². The Morgan fingerprint density at radius 2 is 2.12 bits per heavy atom. The van der Waals surface area contributed by atoms with Gasteiger partial charge >= 0.3 is 0 Å². The van der Waals surface area contributed by atoms with E-state index in [1.54, 1.807) is 0 Å². The van der Waals surface area contributed by atoms with Gasteiger partial charge in [-0.3, -0.25) is 0 Å². The van der Waals surface area contributed by atoms with Gasteiger partial charge in [-0.1, -0.05) is 6.92 Å². The lowest BCUT2D eigenvalue weighted by molar-refractivity contribution is 0.453. The zero-order chi connectivity index (χ0) is 12.4. The maximum atomic E-state index is 10.3. The molecule has 0 aromatic heterocycles. The maximum absolute atomic E-state index is 10.3. The second-order valence-corrected chi connectivity index (χ2v) is 5.80. The van der Waals surface area contributed by atoms with Gasteiger partial charge in [0.2, 0.25) is 0 Å². The summed E-state index contributed by atoms with van der Waals surface area (Å²) in [5.74, 6) is 0.760. The van der Waals surface area contributed by atoms with E-state index in [0.717, 1.165) is 29.3 Å². The Morgan fingerprint density at radius 1 is 1.41 bits per heavy atom. The predicted octanol–water partition coefficient (Wildman–Crippen LogP) is 3.49. The van der Waals surface area contributed by atoms with E-state index in [9.17, 15) is 5.11 Å². The normalized spacial score (nSPS) is 16.6. The number of hydrogen-bond acceptors (Lipinski definition) is 2. The van der Waals surface area contributed by atoms with Crippen molar-refractivity contribution >= 4 is 15.9 Å². The van der Waals surface area contributed by atoms with Gasteiger partial charge in [0.1, 0.15) is 5.75 Å². The van der Waals surface area contributed by atoms with Crippen LogP contribution in [-0.2, 0) is 12.8 Å². The van der Waals surface area contributed by atoms with Gasteiger partial charge in [0.25, 0.3) is 0 Å². The molecule has 1 aliphatic rings. The standard InChI is InChI=1S/C14H20BrNO/c1-9(6-7-16)13-11-5-3-2-4-10(11)8-12(15)14(13)17/h8-9,17H,2-7,16H2,1H3. The zero-order valence-corrected chi connectivity index (χ0v) is 11.9. The number of phenols is 1. The van der Waals surface area contributed by atoms with Crippen LogP contribution in [0.4, 0.5) is 0 Å². The summed E-state index contributed by atoms with van der Waals surface area (Å²) >= 11 is 3.46. The van der Waals surface area contributed by atoms with Gasteiger partial charge in [-0.05, 0) is 77.7 Å². The van der Waals surface area contributed by atoms with Crippen molar-refractivity contribution in [1.82, 2.24) is 0 Å². The van der Waals surface area contributed by atoms with E-state index in [0.29, 0.717) is 18.2 Å². The second-order valence-electron chi connectivity index (χ2n) is 4.94. The number of rotatable bonds is 3. The number of halogens is 1. The van der Waals surface area contributed by atoms with Gasteiger partial charge in [0.05, 0.1) is 4.47 Å². The summed E-state index contributed by atoms with van der Waals surface area (Å²) in [6.45, 7) is 2.82. The third kappa shape index (κ3) is 2.50.